The molecule has 1 saturated carbocycles. The van der Waals surface area contributed by atoms with Crippen molar-refractivity contribution >= 4 is 13.9 Å². The minimum absolute atomic E-state index is 0.300. The molecule has 0 radical (unpaired) electrons. The number of carbonyl (C=O) groups excluding carboxylic acids is 1. The summed E-state index contributed by atoms with van der Waals surface area (Å²) in [4.78, 5) is 12.3. The summed E-state index contributed by atoms with van der Waals surface area (Å²) in [6.07, 6.45) is 4.34. The number of hydrogen-bond donors (Lipinski definition) is 0. The quantitative estimate of drug-likeness (QED) is 0.565. The van der Waals surface area contributed by atoms with Crippen LogP contribution in [0.1, 0.15) is 36.0 Å². The summed E-state index contributed by atoms with van der Waals surface area (Å²) in [6.45, 7) is 7.11. The number of ketones is 1. The average molecular weight is 272 g/mol. The molecule has 2 heteroatoms. The van der Waals surface area contributed by atoms with Crippen LogP contribution < -0.4 is 0 Å². The molecule has 0 amide bonds. The topological polar surface area (TPSA) is 17.1 Å². The second-order valence-electron chi connectivity index (χ2n) is 6.67. The van der Waals surface area contributed by atoms with Gasteiger partial charge in [-0.3, -0.25) is 4.79 Å². The van der Waals surface area contributed by atoms with Crippen LogP contribution in [0.3, 0.4) is 0 Å². The van der Waals surface area contributed by atoms with Gasteiger partial charge in [0.25, 0.3) is 0 Å². The first-order valence-corrected chi connectivity index (χ1v) is 10.8. The van der Waals surface area contributed by atoms with Crippen molar-refractivity contribution in [1.82, 2.24) is 0 Å². The van der Waals surface area contributed by atoms with Gasteiger partial charge < -0.3 is 0 Å². The fourth-order valence-corrected chi connectivity index (χ4v) is 4.38. The summed E-state index contributed by atoms with van der Waals surface area (Å²) < 4.78 is 0. The fraction of sp³-hybridized carbons (Fsp3) is 0.471. The Kier molecular flexibility index (Phi) is 4.41. The lowest BCUT2D eigenvalue weighted by Crippen LogP contribution is -2.18. The average Bonchev–Trinajstić information content (AvgIpc) is 2.75. The Bertz CT molecular complexity index is 468. The van der Waals surface area contributed by atoms with Crippen LogP contribution in [0.15, 0.2) is 41.6 Å². The second kappa shape index (κ2) is 5.87. The molecule has 1 nitrogen and oxygen atoms in total. The highest BCUT2D eigenvalue weighted by Gasteiger charge is 2.25. The van der Waals surface area contributed by atoms with Crippen molar-refractivity contribution in [3.05, 3.63) is 47.2 Å². The first-order valence-electron chi connectivity index (χ1n) is 7.25. The molecule has 19 heavy (non-hydrogen) atoms. The van der Waals surface area contributed by atoms with Gasteiger partial charge in [0.2, 0.25) is 0 Å². The van der Waals surface area contributed by atoms with E-state index in [4.69, 9.17) is 0 Å². The molecular formula is C17H24OSi. The maximum atomic E-state index is 12.3. The van der Waals surface area contributed by atoms with E-state index in [-0.39, 0.29) is 0 Å². The molecule has 0 bridgehead atoms. The van der Waals surface area contributed by atoms with Crippen LogP contribution in [0.25, 0.3) is 0 Å². The van der Waals surface area contributed by atoms with E-state index < -0.39 is 8.07 Å². The summed E-state index contributed by atoms with van der Waals surface area (Å²) in [7, 11) is -1.17. The molecule has 2 rings (SSSR count). The van der Waals surface area contributed by atoms with Crippen LogP contribution in [0, 0.1) is 5.92 Å². The molecule has 1 aliphatic rings. The van der Waals surface area contributed by atoms with Crippen molar-refractivity contribution in [2.75, 3.05) is 0 Å². The summed E-state index contributed by atoms with van der Waals surface area (Å²) >= 11 is 0. The number of allylic oxidation sites excluding steroid dienone is 1. The summed E-state index contributed by atoms with van der Waals surface area (Å²) in [5, 5.41) is 0. The maximum absolute atomic E-state index is 12.3. The van der Waals surface area contributed by atoms with E-state index in [1.807, 2.05) is 30.3 Å². The van der Waals surface area contributed by atoms with Gasteiger partial charge >= 0.3 is 0 Å². The van der Waals surface area contributed by atoms with Crippen LogP contribution in [0.5, 0.6) is 0 Å². The molecule has 1 aromatic rings. The van der Waals surface area contributed by atoms with E-state index in [1.165, 1.54) is 19.3 Å². The van der Waals surface area contributed by atoms with Gasteiger partial charge in [-0.15, -0.1) is 0 Å². The van der Waals surface area contributed by atoms with Crippen molar-refractivity contribution in [3.8, 4) is 0 Å². The first-order chi connectivity index (χ1) is 8.96. The highest BCUT2D eigenvalue weighted by atomic mass is 28.3. The Morgan fingerprint density at radius 2 is 1.95 bits per heavy atom. The Labute approximate surface area is 117 Å². The van der Waals surface area contributed by atoms with E-state index >= 15 is 0 Å². The third-order valence-corrected chi connectivity index (χ3v) is 4.93. The largest absolute Gasteiger partial charge is 0.294 e. The zero-order chi connectivity index (χ0) is 13.9. The summed E-state index contributed by atoms with van der Waals surface area (Å²) in [5.41, 5.74) is 4.94. The lowest BCUT2D eigenvalue weighted by molar-refractivity contribution is 0.0968. The van der Waals surface area contributed by atoms with Gasteiger partial charge in [0.05, 0.1) is 8.07 Å². The first kappa shape index (κ1) is 14.3. The molecule has 1 atom stereocenters. The zero-order valence-electron chi connectivity index (χ0n) is 12.3. The third kappa shape index (κ3) is 4.17. The lowest BCUT2D eigenvalue weighted by Gasteiger charge is -2.16. The SMILES string of the molecule is C[Si](C)(C)/C=C1/CCCC1CC(=O)c1ccccc1. The van der Waals surface area contributed by atoms with Gasteiger partial charge in [0.1, 0.15) is 0 Å². The number of carbonyl (C=O) groups is 1. The third-order valence-electron chi connectivity index (χ3n) is 3.69. The van der Waals surface area contributed by atoms with Gasteiger partial charge in [-0.2, -0.15) is 0 Å². The molecule has 1 aliphatic carbocycles. The zero-order valence-corrected chi connectivity index (χ0v) is 13.3. The van der Waals surface area contributed by atoms with Crippen molar-refractivity contribution in [3.63, 3.8) is 0 Å². The lowest BCUT2D eigenvalue weighted by atomic mass is 9.94. The van der Waals surface area contributed by atoms with Crippen LogP contribution >= 0.6 is 0 Å². The molecule has 0 spiro atoms. The Morgan fingerprint density at radius 1 is 1.26 bits per heavy atom. The molecule has 0 heterocycles. The summed E-state index contributed by atoms with van der Waals surface area (Å²) in [5.74, 6) is 0.799. The highest BCUT2D eigenvalue weighted by Crippen LogP contribution is 2.35. The Balaban J connectivity index is 2.07. The Morgan fingerprint density at radius 3 is 2.58 bits per heavy atom. The van der Waals surface area contributed by atoms with Crippen LogP contribution in [-0.4, -0.2) is 13.9 Å². The molecule has 102 valence electrons. The van der Waals surface area contributed by atoms with E-state index in [0.717, 1.165) is 5.56 Å². The van der Waals surface area contributed by atoms with Crippen molar-refractivity contribution in [2.45, 2.75) is 45.3 Å². The number of hydrogen-bond acceptors (Lipinski definition) is 1. The van der Waals surface area contributed by atoms with E-state index in [1.54, 1.807) is 5.57 Å². The fourth-order valence-electron chi connectivity index (χ4n) is 2.89. The predicted octanol–water partition coefficient (Wildman–Crippen LogP) is 4.86. The standard InChI is InChI=1S/C17H24OSi/c1-19(2,3)13-16-11-7-10-15(16)12-17(18)14-8-5-4-6-9-14/h4-6,8-9,13,15H,7,10-12H2,1-3H3/b16-13-. The van der Waals surface area contributed by atoms with Crippen molar-refractivity contribution < 1.29 is 4.79 Å². The van der Waals surface area contributed by atoms with Gasteiger partial charge in [0, 0.05) is 12.0 Å². The molecule has 0 aliphatic heterocycles. The molecule has 1 aromatic carbocycles. The van der Waals surface area contributed by atoms with E-state index in [9.17, 15) is 4.79 Å². The van der Waals surface area contributed by atoms with Crippen LogP contribution in [0.2, 0.25) is 19.6 Å². The summed E-state index contributed by atoms with van der Waals surface area (Å²) in [6, 6.07) is 9.71. The minimum Gasteiger partial charge on any atom is -0.294 e. The van der Waals surface area contributed by atoms with Gasteiger partial charge in [-0.05, 0) is 25.2 Å². The second-order valence-corrected chi connectivity index (χ2v) is 11.7. The van der Waals surface area contributed by atoms with Gasteiger partial charge in [-0.1, -0.05) is 61.2 Å². The molecule has 0 saturated heterocycles. The molecule has 1 fully saturated rings. The monoisotopic (exact) mass is 272 g/mol. The van der Waals surface area contributed by atoms with Crippen LogP contribution in [0.4, 0.5) is 0 Å². The maximum Gasteiger partial charge on any atom is 0.163 e. The molecular weight excluding hydrogens is 248 g/mol. The number of benzene rings is 1. The highest BCUT2D eigenvalue weighted by molar-refractivity contribution is 6.81. The number of rotatable bonds is 4. The van der Waals surface area contributed by atoms with Gasteiger partial charge in [-0.25, -0.2) is 0 Å². The number of Topliss-reactive ketones (excluding diaryl/α,β-unsaturated/α-hetero) is 1. The smallest absolute Gasteiger partial charge is 0.163 e. The molecule has 1 unspecified atom stereocenters. The predicted molar refractivity (Wildman–Crippen MR) is 84.2 cm³/mol. The van der Waals surface area contributed by atoms with E-state index in [2.05, 4.69) is 25.3 Å². The van der Waals surface area contributed by atoms with Crippen molar-refractivity contribution in [1.29, 1.82) is 0 Å². The normalized spacial score (nSPS) is 21.8. The minimum atomic E-state index is -1.17. The molecule has 0 aromatic heterocycles. The van der Waals surface area contributed by atoms with Gasteiger partial charge in [0.15, 0.2) is 5.78 Å². The van der Waals surface area contributed by atoms with Crippen LogP contribution in [-0.2, 0) is 0 Å². The van der Waals surface area contributed by atoms with Crippen molar-refractivity contribution in [2.24, 2.45) is 5.92 Å². The molecule has 0 N–H and O–H groups in total. The van der Waals surface area contributed by atoms with E-state index in [0.29, 0.717) is 18.1 Å². The Hall–Kier alpha value is -1.15.